The predicted molar refractivity (Wildman–Crippen MR) is 71.5 cm³/mol. The summed E-state index contributed by atoms with van der Waals surface area (Å²) in [5, 5.41) is 10.2. The molecule has 0 fully saturated rings. The number of nitrogens with zero attached hydrogens (tertiary/aromatic N) is 5. The van der Waals surface area contributed by atoms with Crippen LogP contribution in [-0.4, -0.2) is 42.5 Å². The number of aromatic nitrogens is 7. The number of H-pyrrole nitrogens is 2. The highest BCUT2D eigenvalue weighted by molar-refractivity contribution is 5.61. The van der Waals surface area contributed by atoms with E-state index in [2.05, 4.69) is 25.1 Å². The number of nitrogens with one attached hydrogen (secondary N) is 2. The number of ether oxygens (including phenoxy) is 1. The molecule has 0 bridgehead atoms. The van der Waals surface area contributed by atoms with Crippen LogP contribution in [0.3, 0.4) is 0 Å². The molecule has 138 valence electrons. The van der Waals surface area contributed by atoms with Crippen molar-refractivity contribution in [1.82, 2.24) is 35.3 Å². The van der Waals surface area contributed by atoms with E-state index >= 15 is 0 Å². The summed E-state index contributed by atoms with van der Waals surface area (Å²) < 4.78 is 80.6. The average Bonchev–Trinajstić information content (AvgIpc) is 3.22. The Morgan fingerprint density at radius 3 is 1.50 bits per heavy atom. The third kappa shape index (κ3) is 3.43. The van der Waals surface area contributed by atoms with Gasteiger partial charge in [-0.1, -0.05) is 0 Å². The van der Waals surface area contributed by atoms with Crippen molar-refractivity contribution in [2.45, 2.75) is 12.4 Å². The van der Waals surface area contributed by atoms with E-state index in [1.165, 1.54) is 19.2 Å². The number of pyridine rings is 1. The van der Waals surface area contributed by atoms with Crippen LogP contribution < -0.4 is 4.74 Å². The second-order valence-electron chi connectivity index (χ2n) is 4.79. The van der Waals surface area contributed by atoms with E-state index in [1.54, 1.807) is 10.2 Å². The molecule has 0 amide bonds. The van der Waals surface area contributed by atoms with Crippen LogP contribution in [0.5, 0.6) is 5.75 Å². The summed E-state index contributed by atoms with van der Waals surface area (Å²) in [4.78, 5) is 10.4. The van der Waals surface area contributed by atoms with Crippen molar-refractivity contribution in [1.29, 1.82) is 0 Å². The molecule has 26 heavy (non-hydrogen) atoms. The second kappa shape index (κ2) is 5.96. The molecule has 0 saturated carbocycles. The van der Waals surface area contributed by atoms with Crippen LogP contribution in [0.1, 0.15) is 11.6 Å². The van der Waals surface area contributed by atoms with Gasteiger partial charge in [0.15, 0.2) is 11.6 Å². The summed E-state index contributed by atoms with van der Waals surface area (Å²) in [6, 6.07) is 2.42. The fourth-order valence-corrected chi connectivity index (χ4v) is 1.86. The van der Waals surface area contributed by atoms with Crippen molar-refractivity contribution >= 4 is 0 Å². The Morgan fingerprint density at radius 1 is 0.769 bits per heavy atom. The molecule has 0 aliphatic rings. The monoisotopic (exact) mass is 379 g/mol. The SMILES string of the molecule is COc1cc(-c2n[nH]c(C(F)(F)F)n2)nc(-c2n[nH]c(C(F)(F)F)n2)c1. The van der Waals surface area contributed by atoms with Crippen molar-refractivity contribution in [2.75, 3.05) is 7.11 Å². The van der Waals surface area contributed by atoms with Crippen LogP contribution in [0.25, 0.3) is 23.0 Å². The minimum absolute atomic E-state index is 0.0849. The van der Waals surface area contributed by atoms with E-state index in [1.807, 2.05) is 0 Å². The summed E-state index contributed by atoms with van der Waals surface area (Å²) in [6.07, 6.45) is -9.50. The zero-order valence-electron chi connectivity index (χ0n) is 12.6. The van der Waals surface area contributed by atoms with Crippen molar-refractivity contribution in [3.63, 3.8) is 0 Å². The molecule has 3 heterocycles. The number of hydrogen-bond donors (Lipinski definition) is 2. The predicted octanol–water partition coefficient (Wildman–Crippen LogP) is 2.70. The Hall–Kier alpha value is -3.19. The van der Waals surface area contributed by atoms with Crippen LogP contribution in [0.15, 0.2) is 12.1 Å². The molecule has 0 unspecified atom stereocenters. The first-order chi connectivity index (χ1) is 12.1. The third-order valence-electron chi connectivity index (χ3n) is 3.00. The number of rotatable bonds is 3. The molecule has 0 aromatic carbocycles. The number of alkyl halides is 6. The zero-order chi connectivity index (χ0) is 19.1. The maximum absolute atomic E-state index is 12.6. The Labute approximate surface area is 139 Å². The number of methoxy groups -OCH3 is 1. The third-order valence-corrected chi connectivity index (χ3v) is 3.00. The largest absolute Gasteiger partial charge is 0.497 e. The minimum atomic E-state index is -4.75. The van der Waals surface area contributed by atoms with Gasteiger partial charge in [0.05, 0.1) is 7.11 Å². The van der Waals surface area contributed by atoms with Gasteiger partial charge >= 0.3 is 12.4 Å². The molecule has 2 N–H and O–H groups in total. The molecular weight excluding hydrogens is 372 g/mol. The molecule has 3 rings (SSSR count). The van der Waals surface area contributed by atoms with Crippen LogP contribution >= 0.6 is 0 Å². The van der Waals surface area contributed by atoms with Gasteiger partial charge in [0, 0.05) is 12.1 Å². The fraction of sp³-hybridized carbons (Fsp3) is 0.250. The van der Waals surface area contributed by atoms with Gasteiger partial charge in [0.25, 0.3) is 0 Å². The molecule has 0 aliphatic heterocycles. The van der Waals surface area contributed by atoms with E-state index in [-0.39, 0.29) is 17.1 Å². The van der Waals surface area contributed by atoms with E-state index in [0.29, 0.717) is 0 Å². The van der Waals surface area contributed by atoms with Gasteiger partial charge in [0.2, 0.25) is 11.6 Å². The summed E-state index contributed by atoms with van der Waals surface area (Å²) in [7, 11) is 1.25. The fourth-order valence-electron chi connectivity index (χ4n) is 1.86. The number of halogens is 6. The number of aromatic amines is 2. The van der Waals surface area contributed by atoms with Crippen LogP contribution in [0.2, 0.25) is 0 Å². The molecular formula is C12H7F6N7O. The maximum atomic E-state index is 12.6. The van der Waals surface area contributed by atoms with Gasteiger partial charge in [-0.3, -0.25) is 10.2 Å². The molecule has 8 nitrogen and oxygen atoms in total. The lowest BCUT2D eigenvalue weighted by atomic mass is 10.2. The second-order valence-corrected chi connectivity index (χ2v) is 4.79. The minimum Gasteiger partial charge on any atom is -0.497 e. The lowest BCUT2D eigenvalue weighted by Gasteiger charge is -2.04. The molecule has 0 radical (unpaired) electrons. The smallest absolute Gasteiger partial charge is 0.451 e. The van der Waals surface area contributed by atoms with Crippen LogP contribution in [-0.2, 0) is 12.4 Å². The number of hydrogen-bond acceptors (Lipinski definition) is 6. The Morgan fingerprint density at radius 2 is 1.19 bits per heavy atom. The zero-order valence-corrected chi connectivity index (χ0v) is 12.6. The molecule has 3 aromatic heterocycles. The first-order valence-corrected chi connectivity index (χ1v) is 6.64. The first kappa shape index (κ1) is 17.6. The van der Waals surface area contributed by atoms with E-state index in [4.69, 9.17) is 4.74 Å². The van der Waals surface area contributed by atoms with Gasteiger partial charge in [-0.15, -0.1) is 0 Å². The van der Waals surface area contributed by atoms with Gasteiger partial charge in [0.1, 0.15) is 17.1 Å². The summed E-state index contributed by atoms with van der Waals surface area (Å²) in [5.74, 6) is -3.47. The highest BCUT2D eigenvalue weighted by atomic mass is 19.4. The van der Waals surface area contributed by atoms with Crippen LogP contribution in [0.4, 0.5) is 26.3 Å². The van der Waals surface area contributed by atoms with Crippen molar-refractivity contribution < 1.29 is 31.1 Å². The molecule has 0 spiro atoms. The lowest BCUT2D eigenvalue weighted by molar-refractivity contribution is -0.145. The molecule has 0 atom stereocenters. The average molecular weight is 379 g/mol. The molecule has 14 heteroatoms. The highest BCUT2D eigenvalue weighted by Gasteiger charge is 2.36. The van der Waals surface area contributed by atoms with Crippen molar-refractivity contribution in [2.24, 2.45) is 0 Å². The first-order valence-electron chi connectivity index (χ1n) is 6.64. The Bertz CT molecular complexity index is 858. The lowest BCUT2D eigenvalue weighted by Crippen LogP contribution is -2.07. The van der Waals surface area contributed by atoms with Gasteiger partial charge < -0.3 is 4.74 Å². The van der Waals surface area contributed by atoms with E-state index in [0.717, 1.165) is 0 Å². The van der Waals surface area contributed by atoms with E-state index < -0.39 is 35.7 Å². The van der Waals surface area contributed by atoms with Crippen molar-refractivity contribution in [3.05, 3.63) is 23.8 Å². The maximum Gasteiger partial charge on any atom is 0.451 e. The molecule has 3 aromatic rings. The molecule has 0 saturated heterocycles. The Balaban J connectivity index is 2.05. The summed E-state index contributed by atoms with van der Waals surface area (Å²) in [6.45, 7) is 0. The van der Waals surface area contributed by atoms with Gasteiger partial charge in [-0.25, -0.2) is 15.0 Å². The summed E-state index contributed by atoms with van der Waals surface area (Å²) >= 11 is 0. The van der Waals surface area contributed by atoms with Crippen LogP contribution in [0, 0.1) is 0 Å². The Kier molecular flexibility index (Phi) is 4.04. The standard InChI is InChI=1S/C12H7F6N7O/c1-26-4-2-5(7-20-9(24-22-7)11(13,14)15)19-6(3-4)8-21-10(25-23-8)12(16,17)18/h2-3H,1H3,(H,20,22,24)(H,21,23,25). The summed E-state index contributed by atoms with van der Waals surface area (Å²) in [5.41, 5.74) is -0.353. The normalized spacial score (nSPS) is 12.4. The van der Waals surface area contributed by atoms with Gasteiger partial charge in [-0.2, -0.15) is 36.5 Å². The van der Waals surface area contributed by atoms with Gasteiger partial charge in [-0.05, 0) is 0 Å². The van der Waals surface area contributed by atoms with Crippen molar-refractivity contribution in [3.8, 4) is 28.8 Å². The highest BCUT2D eigenvalue weighted by Crippen LogP contribution is 2.31. The van der Waals surface area contributed by atoms with E-state index in [9.17, 15) is 26.3 Å². The quantitative estimate of drug-likeness (QED) is 0.678. The molecule has 0 aliphatic carbocycles. The topological polar surface area (TPSA) is 105 Å².